The number of benzene rings is 3. The maximum Gasteiger partial charge on any atom is 0.343 e. The van der Waals surface area contributed by atoms with E-state index in [9.17, 15) is 14.4 Å². The molecule has 3 rings (SSSR count). The van der Waals surface area contributed by atoms with Gasteiger partial charge in [-0.1, -0.05) is 24.3 Å². The van der Waals surface area contributed by atoms with Gasteiger partial charge in [-0.2, -0.15) is 5.26 Å². The molecule has 0 fully saturated rings. The van der Waals surface area contributed by atoms with Crippen molar-refractivity contribution < 1.29 is 23.9 Å². The fourth-order valence-corrected chi connectivity index (χ4v) is 2.69. The SMILES string of the molecule is [C-]#[N+]c1ccc(OC(=O)c2ccc(OC(=O)CCC(=O)c3ccc(C#N)cc3)cc2)cc1. The lowest BCUT2D eigenvalue weighted by Crippen LogP contribution is -2.11. The summed E-state index contributed by atoms with van der Waals surface area (Å²) in [6, 6.07) is 20.1. The summed E-state index contributed by atoms with van der Waals surface area (Å²) in [5.74, 6) is -0.855. The van der Waals surface area contributed by atoms with Crippen LogP contribution in [-0.4, -0.2) is 17.7 Å². The predicted molar refractivity (Wildman–Crippen MR) is 114 cm³/mol. The number of ether oxygens (including phenoxy) is 2. The van der Waals surface area contributed by atoms with Gasteiger partial charge in [0, 0.05) is 12.0 Å². The van der Waals surface area contributed by atoms with E-state index in [0.29, 0.717) is 22.6 Å². The molecule has 0 heterocycles. The maximum absolute atomic E-state index is 12.2. The molecule has 0 amide bonds. The summed E-state index contributed by atoms with van der Waals surface area (Å²) >= 11 is 0. The summed E-state index contributed by atoms with van der Waals surface area (Å²) in [6.07, 6.45) is -0.134. The van der Waals surface area contributed by atoms with E-state index < -0.39 is 11.9 Å². The largest absolute Gasteiger partial charge is 0.427 e. The predicted octanol–water partition coefficient (Wildman–Crippen LogP) is 4.90. The van der Waals surface area contributed by atoms with Gasteiger partial charge < -0.3 is 9.47 Å². The Labute approximate surface area is 184 Å². The fourth-order valence-electron chi connectivity index (χ4n) is 2.69. The second-order valence-electron chi connectivity index (χ2n) is 6.61. The van der Waals surface area contributed by atoms with Crippen LogP contribution in [0.15, 0.2) is 72.8 Å². The molecule has 0 saturated heterocycles. The van der Waals surface area contributed by atoms with E-state index in [1.165, 1.54) is 36.4 Å². The van der Waals surface area contributed by atoms with Gasteiger partial charge in [0.2, 0.25) is 0 Å². The van der Waals surface area contributed by atoms with E-state index in [1.807, 2.05) is 6.07 Å². The third kappa shape index (κ3) is 5.88. The van der Waals surface area contributed by atoms with Crippen LogP contribution in [0.4, 0.5) is 5.69 Å². The lowest BCUT2D eigenvalue weighted by molar-refractivity contribution is -0.134. The molecule has 0 aliphatic carbocycles. The molecule has 0 bridgehead atoms. The number of hydrogen-bond acceptors (Lipinski definition) is 6. The fraction of sp³-hybridized carbons (Fsp3) is 0.0800. The Morgan fingerprint density at radius 1 is 0.781 bits per heavy atom. The second-order valence-corrected chi connectivity index (χ2v) is 6.61. The Morgan fingerprint density at radius 3 is 1.94 bits per heavy atom. The minimum atomic E-state index is -0.591. The molecule has 3 aromatic rings. The van der Waals surface area contributed by atoms with Crippen molar-refractivity contribution in [1.82, 2.24) is 0 Å². The zero-order chi connectivity index (χ0) is 22.9. The van der Waals surface area contributed by atoms with Gasteiger partial charge in [-0.05, 0) is 48.5 Å². The Bertz CT molecular complexity index is 1220. The third-order valence-corrected chi connectivity index (χ3v) is 4.39. The van der Waals surface area contributed by atoms with Crippen molar-refractivity contribution in [3.63, 3.8) is 0 Å². The van der Waals surface area contributed by atoms with E-state index in [0.717, 1.165) is 0 Å². The lowest BCUT2D eigenvalue weighted by atomic mass is 10.1. The highest BCUT2D eigenvalue weighted by atomic mass is 16.5. The van der Waals surface area contributed by atoms with Gasteiger partial charge in [0.25, 0.3) is 0 Å². The lowest BCUT2D eigenvalue weighted by Gasteiger charge is -2.07. The van der Waals surface area contributed by atoms with Crippen LogP contribution in [0, 0.1) is 17.9 Å². The number of hydrogen-bond donors (Lipinski definition) is 0. The van der Waals surface area contributed by atoms with Crippen LogP contribution in [0.1, 0.15) is 39.1 Å². The first-order valence-corrected chi connectivity index (χ1v) is 9.52. The molecule has 0 unspecified atom stereocenters. The van der Waals surface area contributed by atoms with E-state index in [-0.39, 0.29) is 29.9 Å². The second kappa shape index (κ2) is 10.3. The molecule has 3 aromatic carbocycles. The summed E-state index contributed by atoms with van der Waals surface area (Å²) in [4.78, 5) is 39.7. The molecule has 7 heteroatoms. The summed E-state index contributed by atoms with van der Waals surface area (Å²) in [5, 5.41) is 8.78. The number of nitrogens with zero attached hydrogens (tertiary/aromatic N) is 2. The van der Waals surface area contributed by atoms with Crippen LogP contribution in [0.2, 0.25) is 0 Å². The molecular formula is C25H16N2O5. The quantitative estimate of drug-likeness (QED) is 0.232. The first kappa shape index (κ1) is 21.9. The van der Waals surface area contributed by atoms with E-state index in [2.05, 4.69) is 4.85 Å². The Balaban J connectivity index is 1.50. The first-order valence-electron chi connectivity index (χ1n) is 9.52. The van der Waals surface area contributed by atoms with Crippen LogP contribution in [-0.2, 0) is 4.79 Å². The topological polar surface area (TPSA) is 97.8 Å². The van der Waals surface area contributed by atoms with Gasteiger partial charge in [-0.15, -0.1) is 0 Å². The minimum Gasteiger partial charge on any atom is -0.427 e. The Hall–Kier alpha value is -4.75. The molecule has 7 nitrogen and oxygen atoms in total. The molecule has 0 aliphatic rings. The number of esters is 2. The van der Waals surface area contributed by atoms with Crippen molar-refractivity contribution in [1.29, 1.82) is 5.26 Å². The van der Waals surface area contributed by atoms with Gasteiger partial charge in [-0.25, -0.2) is 9.64 Å². The van der Waals surface area contributed by atoms with Crippen molar-refractivity contribution in [3.05, 3.63) is 101 Å². The van der Waals surface area contributed by atoms with E-state index in [1.54, 1.807) is 36.4 Å². The van der Waals surface area contributed by atoms with Crippen molar-refractivity contribution in [2.45, 2.75) is 12.8 Å². The molecular weight excluding hydrogens is 408 g/mol. The molecule has 0 atom stereocenters. The number of ketones is 1. The molecule has 0 saturated carbocycles. The van der Waals surface area contributed by atoms with Gasteiger partial charge in [0.05, 0.1) is 30.2 Å². The summed E-state index contributed by atoms with van der Waals surface area (Å²) in [6.45, 7) is 6.91. The average Bonchev–Trinajstić information content (AvgIpc) is 2.83. The monoisotopic (exact) mass is 424 g/mol. The first-order chi connectivity index (χ1) is 15.5. The normalized spacial score (nSPS) is 9.81. The summed E-state index contributed by atoms with van der Waals surface area (Å²) in [5.41, 5.74) is 1.57. The van der Waals surface area contributed by atoms with Gasteiger partial charge in [0.1, 0.15) is 11.5 Å². The van der Waals surface area contributed by atoms with Crippen molar-refractivity contribution in [2.24, 2.45) is 0 Å². The number of Topliss-reactive ketones (excluding diaryl/α,β-unsaturated/α-hetero) is 1. The maximum atomic E-state index is 12.2. The zero-order valence-electron chi connectivity index (χ0n) is 16.8. The van der Waals surface area contributed by atoms with Crippen LogP contribution in [0.3, 0.4) is 0 Å². The highest BCUT2D eigenvalue weighted by molar-refractivity contribution is 5.97. The van der Waals surface area contributed by atoms with Crippen LogP contribution >= 0.6 is 0 Å². The van der Waals surface area contributed by atoms with Gasteiger partial charge in [0.15, 0.2) is 11.5 Å². The molecule has 0 N–H and O–H groups in total. The van der Waals surface area contributed by atoms with E-state index >= 15 is 0 Å². The molecule has 0 radical (unpaired) electrons. The average molecular weight is 424 g/mol. The number of carbonyl (C=O) groups excluding carboxylic acids is 3. The van der Waals surface area contributed by atoms with Crippen LogP contribution < -0.4 is 9.47 Å². The molecule has 0 aromatic heterocycles. The Morgan fingerprint density at radius 2 is 1.34 bits per heavy atom. The number of carbonyl (C=O) groups is 3. The molecule has 32 heavy (non-hydrogen) atoms. The number of rotatable bonds is 7. The molecule has 0 spiro atoms. The zero-order valence-corrected chi connectivity index (χ0v) is 16.8. The number of nitriles is 1. The highest BCUT2D eigenvalue weighted by Crippen LogP contribution is 2.20. The third-order valence-electron chi connectivity index (χ3n) is 4.39. The van der Waals surface area contributed by atoms with Crippen molar-refractivity contribution >= 4 is 23.4 Å². The van der Waals surface area contributed by atoms with Crippen LogP contribution in [0.5, 0.6) is 11.5 Å². The Kier molecular flexibility index (Phi) is 7.09. The molecule has 156 valence electrons. The smallest absolute Gasteiger partial charge is 0.343 e. The summed E-state index contributed by atoms with van der Waals surface area (Å²) in [7, 11) is 0. The van der Waals surface area contributed by atoms with Gasteiger partial charge >= 0.3 is 11.9 Å². The van der Waals surface area contributed by atoms with E-state index in [4.69, 9.17) is 21.3 Å². The summed E-state index contributed by atoms with van der Waals surface area (Å²) < 4.78 is 10.4. The molecule has 0 aliphatic heterocycles. The minimum absolute atomic E-state index is 0.0264. The van der Waals surface area contributed by atoms with Crippen molar-refractivity contribution in [2.75, 3.05) is 0 Å². The highest BCUT2D eigenvalue weighted by Gasteiger charge is 2.13. The van der Waals surface area contributed by atoms with Gasteiger partial charge in [-0.3, -0.25) is 9.59 Å². The van der Waals surface area contributed by atoms with Crippen molar-refractivity contribution in [3.8, 4) is 17.6 Å². The van der Waals surface area contributed by atoms with Crippen LogP contribution in [0.25, 0.3) is 4.85 Å². The standard InChI is InChI=1S/C25H16N2O5/c1-27-20-8-12-22(13-9-20)32-25(30)19-6-10-21(11-7-19)31-24(29)15-14-23(28)18-4-2-17(16-26)3-5-18/h2-13H,14-15H2.